The quantitative estimate of drug-likeness (QED) is 0.606. The Kier molecular flexibility index (Phi) is 5.05. The third-order valence-corrected chi connectivity index (χ3v) is 5.98. The number of nitrogens with zero attached hydrogens (tertiary/aromatic N) is 6. The van der Waals surface area contributed by atoms with Gasteiger partial charge in [-0.25, -0.2) is 4.39 Å². The maximum absolute atomic E-state index is 15.7. The van der Waals surface area contributed by atoms with Crippen molar-refractivity contribution >= 4 is 5.91 Å². The third kappa shape index (κ3) is 3.73. The molecule has 5 rings (SSSR count). The van der Waals surface area contributed by atoms with Crippen molar-refractivity contribution in [3.05, 3.63) is 47.2 Å². The Bertz CT molecular complexity index is 1060. The Balaban J connectivity index is 1.31. The second kappa shape index (κ2) is 7.88. The zero-order valence-corrected chi connectivity index (χ0v) is 17.2. The summed E-state index contributed by atoms with van der Waals surface area (Å²) in [6.07, 6.45) is 5.09. The van der Waals surface area contributed by atoms with Crippen molar-refractivity contribution in [3.63, 3.8) is 0 Å². The van der Waals surface area contributed by atoms with Crippen LogP contribution in [0.4, 0.5) is 4.39 Å². The van der Waals surface area contributed by atoms with Crippen molar-refractivity contribution < 1.29 is 23.0 Å². The van der Waals surface area contributed by atoms with Gasteiger partial charge in [0.05, 0.1) is 13.1 Å². The lowest BCUT2D eigenvalue weighted by Gasteiger charge is -2.19. The molecule has 2 aliphatic heterocycles. The fourth-order valence-corrected chi connectivity index (χ4v) is 4.11. The number of carbonyl (C=O) groups excluding carboxylic acids is 1. The van der Waals surface area contributed by atoms with E-state index in [9.17, 15) is 4.79 Å². The second-order valence-corrected chi connectivity index (χ2v) is 8.06. The number of halogens is 1. The molecule has 0 aliphatic carbocycles. The van der Waals surface area contributed by atoms with Crippen molar-refractivity contribution in [2.75, 3.05) is 26.3 Å². The summed E-state index contributed by atoms with van der Waals surface area (Å²) in [5.74, 6) is 0.688. The lowest BCUT2D eigenvalue weighted by molar-refractivity contribution is 0.0706. The minimum Gasteiger partial charge on any atom is -0.381 e. The van der Waals surface area contributed by atoms with E-state index in [0.717, 1.165) is 12.8 Å². The van der Waals surface area contributed by atoms with Crippen LogP contribution < -0.4 is 0 Å². The Morgan fingerprint density at radius 1 is 1.29 bits per heavy atom. The molecule has 3 aromatic heterocycles. The zero-order valence-electron chi connectivity index (χ0n) is 17.2. The fraction of sp³-hybridized carbons (Fsp3) is 0.550. The molecule has 3 aromatic rings. The van der Waals surface area contributed by atoms with Gasteiger partial charge in [-0.05, 0) is 25.8 Å². The Labute approximate surface area is 177 Å². The molecule has 2 saturated heterocycles. The number of likely N-dealkylation sites (tertiary alicyclic amines) is 1. The van der Waals surface area contributed by atoms with Crippen LogP contribution in [0.5, 0.6) is 0 Å². The number of carbonyl (C=O) groups is 1. The molecule has 31 heavy (non-hydrogen) atoms. The van der Waals surface area contributed by atoms with E-state index in [4.69, 9.17) is 13.8 Å². The lowest BCUT2D eigenvalue weighted by atomic mass is 9.99. The maximum Gasteiger partial charge on any atom is 0.276 e. The van der Waals surface area contributed by atoms with Crippen LogP contribution in [-0.2, 0) is 17.0 Å². The number of hydrogen-bond donors (Lipinski definition) is 0. The molecule has 1 amide bonds. The highest BCUT2D eigenvalue weighted by atomic mass is 19.1. The highest BCUT2D eigenvalue weighted by molar-refractivity contribution is 5.94. The van der Waals surface area contributed by atoms with Crippen molar-refractivity contribution in [2.24, 2.45) is 0 Å². The molecular formula is C20H23FN6O4. The predicted molar refractivity (Wildman–Crippen MR) is 103 cm³/mol. The Hall–Kier alpha value is -3.08. The molecule has 1 unspecified atom stereocenters. The first kappa shape index (κ1) is 19.9. The van der Waals surface area contributed by atoms with Crippen LogP contribution in [0.1, 0.15) is 58.7 Å². The van der Waals surface area contributed by atoms with Gasteiger partial charge < -0.3 is 18.7 Å². The van der Waals surface area contributed by atoms with Crippen LogP contribution >= 0.6 is 0 Å². The summed E-state index contributed by atoms with van der Waals surface area (Å²) >= 11 is 0. The normalized spacial score (nSPS) is 22.3. The smallest absolute Gasteiger partial charge is 0.276 e. The van der Waals surface area contributed by atoms with Gasteiger partial charge in [0.2, 0.25) is 5.67 Å². The summed E-state index contributed by atoms with van der Waals surface area (Å²) in [6.45, 7) is 3.40. The molecule has 0 bridgehead atoms. The first-order valence-electron chi connectivity index (χ1n) is 10.4. The number of amides is 1. The second-order valence-electron chi connectivity index (χ2n) is 8.06. The minimum atomic E-state index is -1.88. The largest absolute Gasteiger partial charge is 0.381 e. The molecule has 0 saturated carbocycles. The molecule has 0 radical (unpaired) electrons. The van der Waals surface area contributed by atoms with Crippen LogP contribution in [0.3, 0.4) is 0 Å². The van der Waals surface area contributed by atoms with Gasteiger partial charge in [0.1, 0.15) is 5.76 Å². The predicted octanol–water partition coefficient (Wildman–Crippen LogP) is 2.22. The van der Waals surface area contributed by atoms with Gasteiger partial charge in [0, 0.05) is 50.1 Å². The molecule has 164 valence electrons. The van der Waals surface area contributed by atoms with Gasteiger partial charge in [-0.15, -0.1) is 0 Å². The first-order chi connectivity index (χ1) is 15.0. The molecule has 0 aromatic carbocycles. The molecule has 11 heteroatoms. The van der Waals surface area contributed by atoms with Gasteiger partial charge in [0.15, 0.2) is 11.5 Å². The Morgan fingerprint density at radius 2 is 2.13 bits per heavy atom. The van der Waals surface area contributed by atoms with E-state index >= 15 is 4.39 Å². The topological polar surface area (TPSA) is 112 Å². The summed E-state index contributed by atoms with van der Waals surface area (Å²) in [5, 5.41) is 12.1. The van der Waals surface area contributed by atoms with Crippen LogP contribution in [0.15, 0.2) is 27.5 Å². The van der Waals surface area contributed by atoms with Crippen LogP contribution in [0, 0.1) is 6.92 Å². The Morgan fingerprint density at radius 3 is 2.90 bits per heavy atom. The average Bonchev–Trinajstić information content (AvgIpc) is 3.57. The van der Waals surface area contributed by atoms with E-state index in [1.165, 1.54) is 4.90 Å². The van der Waals surface area contributed by atoms with Gasteiger partial charge in [0.25, 0.3) is 11.8 Å². The van der Waals surface area contributed by atoms with E-state index in [1.54, 1.807) is 30.1 Å². The van der Waals surface area contributed by atoms with Crippen molar-refractivity contribution in [2.45, 2.75) is 44.3 Å². The van der Waals surface area contributed by atoms with Crippen LogP contribution in [0.25, 0.3) is 0 Å². The van der Waals surface area contributed by atoms with Gasteiger partial charge >= 0.3 is 0 Å². The first-order valence-corrected chi connectivity index (χ1v) is 10.4. The zero-order chi connectivity index (χ0) is 21.4. The summed E-state index contributed by atoms with van der Waals surface area (Å²) in [7, 11) is 0. The monoisotopic (exact) mass is 430 g/mol. The van der Waals surface area contributed by atoms with Crippen molar-refractivity contribution in [3.8, 4) is 0 Å². The fourth-order valence-electron chi connectivity index (χ4n) is 4.11. The number of alkyl halides is 1. The molecule has 2 fully saturated rings. The van der Waals surface area contributed by atoms with Crippen LogP contribution in [0.2, 0.25) is 0 Å². The average molecular weight is 430 g/mol. The standard InChI is InChI=1S/C20H23FN6O4/c1-13-15(11-27-7-2-6-22-27)16(24-30-13)18(28)26-8-5-20(21,12-26)19-23-17(25-31-19)14-3-9-29-10-4-14/h2,6-7,14H,3-5,8-12H2,1H3. The third-order valence-electron chi connectivity index (χ3n) is 5.98. The van der Waals surface area contributed by atoms with Crippen LogP contribution in [-0.4, -0.2) is 62.2 Å². The molecule has 0 N–H and O–H groups in total. The summed E-state index contributed by atoms with van der Waals surface area (Å²) < 4.78 is 33.2. The number of aromatic nitrogens is 5. The van der Waals surface area contributed by atoms with Gasteiger partial charge in [-0.3, -0.25) is 9.48 Å². The lowest BCUT2D eigenvalue weighted by Crippen LogP contribution is -2.33. The van der Waals surface area contributed by atoms with Crippen molar-refractivity contribution in [1.82, 2.24) is 30.0 Å². The highest BCUT2D eigenvalue weighted by Gasteiger charge is 2.47. The van der Waals surface area contributed by atoms with Gasteiger partial charge in [-0.2, -0.15) is 10.1 Å². The number of aryl methyl sites for hydroxylation is 1. The molecule has 1 atom stereocenters. The van der Waals surface area contributed by atoms with E-state index in [0.29, 0.717) is 36.9 Å². The van der Waals surface area contributed by atoms with E-state index in [2.05, 4.69) is 20.4 Å². The molecular weight excluding hydrogens is 407 g/mol. The SMILES string of the molecule is Cc1onc(C(=O)N2CCC(F)(c3nc(C4CCOCC4)no3)C2)c1Cn1cccn1. The molecule has 10 nitrogen and oxygen atoms in total. The summed E-state index contributed by atoms with van der Waals surface area (Å²) in [4.78, 5) is 18.9. The van der Waals surface area contributed by atoms with Gasteiger partial charge in [-0.1, -0.05) is 10.3 Å². The summed E-state index contributed by atoms with van der Waals surface area (Å²) in [6, 6.07) is 1.79. The summed E-state index contributed by atoms with van der Waals surface area (Å²) in [5.41, 5.74) is -1.08. The van der Waals surface area contributed by atoms with E-state index < -0.39 is 5.67 Å². The molecule has 2 aliphatic rings. The van der Waals surface area contributed by atoms with E-state index in [-0.39, 0.29) is 42.9 Å². The van der Waals surface area contributed by atoms with Crippen molar-refractivity contribution in [1.29, 1.82) is 0 Å². The number of ether oxygens (including phenoxy) is 1. The number of hydrogen-bond acceptors (Lipinski definition) is 8. The minimum absolute atomic E-state index is 0.0719. The molecule has 5 heterocycles. The van der Waals surface area contributed by atoms with E-state index in [1.807, 2.05) is 0 Å². The number of rotatable bonds is 5. The maximum atomic E-state index is 15.7. The highest BCUT2D eigenvalue weighted by Crippen LogP contribution is 2.37. The molecule has 0 spiro atoms.